The summed E-state index contributed by atoms with van der Waals surface area (Å²) < 4.78 is 4.67. The van der Waals surface area contributed by atoms with Gasteiger partial charge in [-0.2, -0.15) is 0 Å². The maximum absolute atomic E-state index is 10.9. The third-order valence-corrected chi connectivity index (χ3v) is 1.51. The smallest absolute Gasteiger partial charge is 0.356 e. The minimum atomic E-state index is -0.636. The third kappa shape index (κ3) is 2.43. The lowest BCUT2D eigenvalue weighted by molar-refractivity contribution is -0.133. The Bertz CT molecular complexity index is 261. The van der Waals surface area contributed by atoms with Crippen LogP contribution in [0.2, 0.25) is 0 Å². The highest BCUT2D eigenvalue weighted by atomic mass is 16.6. The van der Waals surface area contributed by atoms with Gasteiger partial charge in [-0.15, -0.1) is 0 Å². The van der Waals surface area contributed by atoms with Gasteiger partial charge in [-0.1, -0.05) is 12.1 Å². The monoisotopic (exact) mass is 186 g/mol. The molecule has 0 bridgehead atoms. The molecule has 0 aromatic carbocycles. The number of hydrogen-bond donors (Lipinski definition) is 1. The van der Waals surface area contributed by atoms with E-state index in [0.717, 1.165) is 0 Å². The second-order valence-corrected chi connectivity index (χ2v) is 2.72. The minimum absolute atomic E-state index is 0.0969. The Morgan fingerprint density at radius 3 is 3.00 bits per heavy atom. The Hall–Kier alpha value is -1.59. The van der Waals surface area contributed by atoms with Crippen molar-refractivity contribution in [2.75, 3.05) is 13.2 Å². The molecule has 1 amide bonds. The van der Waals surface area contributed by atoms with Crippen LogP contribution in [-0.2, 0) is 19.2 Å². The predicted molar refractivity (Wildman–Crippen MR) is 42.7 cm³/mol. The summed E-state index contributed by atoms with van der Waals surface area (Å²) in [5, 5.41) is 3.47. The molecule has 1 heterocycles. The van der Waals surface area contributed by atoms with E-state index in [1.165, 1.54) is 0 Å². The quantitative estimate of drug-likeness (QED) is 0.453. The number of nitrogens with two attached hydrogens (primary N) is 1. The molecule has 1 rings (SSSR count). The summed E-state index contributed by atoms with van der Waals surface area (Å²) in [4.78, 5) is 25.7. The van der Waals surface area contributed by atoms with Gasteiger partial charge in [-0.25, -0.2) is 4.79 Å². The van der Waals surface area contributed by atoms with Crippen LogP contribution < -0.4 is 5.73 Å². The SMILES string of the molecule is CC1COC(=O)/C1=N\OCC(N)=O. The van der Waals surface area contributed by atoms with E-state index in [2.05, 4.69) is 14.7 Å². The van der Waals surface area contributed by atoms with E-state index in [1.54, 1.807) is 6.92 Å². The number of rotatable bonds is 3. The first-order valence-corrected chi connectivity index (χ1v) is 3.76. The lowest BCUT2D eigenvalue weighted by atomic mass is 10.1. The number of carbonyl (C=O) groups is 2. The number of carbonyl (C=O) groups excluding carboxylic acids is 2. The maximum atomic E-state index is 10.9. The number of ether oxygens (including phenoxy) is 1. The van der Waals surface area contributed by atoms with E-state index in [1.807, 2.05) is 0 Å². The lowest BCUT2D eigenvalue weighted by Crippen LogP contribution is -2.19. The molecule has 0 aromatic rings. The maximum Gasteiger partial charge on any atom is 0.356 e. The molecule has 0 saturated carbocycles. The Morgan fingerprint density at radius 1 is 1.85 bits per heavy atom. The number of hydrogen-bond acceptors (Lipinski definition) is 5. The Labute approximate surface area is 74.7 Å². The van der Waals surface area contributed by atoms with Crippen molar-refractivity contribution in [2.45, 2.75) is 6.92 Å². The van der Waals surface area contributed by atoms with Crippen molar-refractivity contribution in [2.24, 2.45) is 16.8 Å². The molecule has 0 aromatic heterocycles. The van der Waals surface area contributed by atoms with Gasteiger partial charge < -0.3 is 15.3 Å². The van der Waals surface area contributed by atoms with Crippen molar-refractivity contribution in [1.82, 2.24) is 0 Å². The molecule has 6 nitrogen and oxygen atoms in total. The van der Waals surface area contributed by atoms with Crippen molar-refractivity contribution in [3.05, 3.63) is 0 Å². The number of esters is 1. The highest BCUT2D eigenvalue weighted by molar-refractivity contribution is 6.38. The van der Waals surface area contributed by atoms with Crippen LogP contribution in [0.5, 0.6) is 0 Å². The number of amides is 1. The molecule has 0 aliphatic carbocycles. The van der Waals surface area contributed by atoms with Gasteiger partial charge in [-0.3, -0.25) is 4.79 Å². The normalized spacial score (nSPS) is 24.5. The first-order chi connectivity index (χ1) is 6.11. The van der Waals surface area contributed by atoms with Gasteiger partial charge in [-0.05, 0) is 0 Å². The highest BCUT2D eigenvalue weighted by Gasteiger charge is 2.29. The molecular weight excluding hydrogens is 176 g/mol. The topological polar surface area (TPSA) is 91.0 Å². The zero-order valence-electron chi connectivity index (χ0n) is 7.15. The van der Waals surface area contributed by atoms with Crippen LogP contribution in [0.4, 0.5) is 0 Å². The molecule has 1 aliphatic rings. The number of oxime groups is 1. The summed E-state index contributed by atoms with van der Waals surface area (Å²) in [6.07, 6.45) is 0. The van der Waals surface area contributed by atoms with E-state index in [9.17, 15) is 9.59 Å². The van der Waals surface area contributed by atoms with Crippen molar-refractivity contribution in [3.8, 4) is 0 Å². The summed E-state index contributed by atoms with van der Waals surface area (Å²) in [6, 6.07) is 0. The van der Waals surface area contributed by atoms with Gasteiger partial charge in [0.1, 0.15) is 6.61 Å². The summed E-state index contributed by atoms with van der Waals surface area (Å²) >= 11 is 0. The predicted octanol–water partition coefficient (Wildman–Crippen LogP) is -0.963. The lowest BCUT2D eigenvalue weighted by Gasteiger charge is -1.97. The van der Waals surface area contributed by atoms with Crippen LogP contribution >= 0.6 is 0 Å². The molecule has 6 heteroatoms. The van der Waals surface area contributed by atoms with Crippen LogP contribution in [0.1, 0.15) is 6.92 Å². The molecule has 1 saturated heterocycles. The first kappa shape index (κ1) is 9.50. The van der Waals surface area contributed by atoms with E-state index in [0.29, 0.717) is 6.61 Å². The average molecular weight is 186 g/mol. The van der Waals surface area contributed by atoms with Crippen LogP contribution in [0.25, 0.3) is 0 Å². The van der Waals surface area contributed by atoms with Gasteiger partial charge in [0.2, 0.25) is 0 Å². The van der Waals surface area contributed by atoms with Crippen molar-refractivity contribution in [1.29, 1.82) is 0 Å². The molecule has 13 heavy (non-hydrogen) atoms. The van der Waals surface area contributed by atoms with Crippen LogP contribution in [-0.4, -0.2) is 30.8 Å². The van der Waals surface area contributed by atoms with Crippen LogP contribution in [0, 0.1) is 5.92 Å². The molecule has 0 spiro atoms. The largest absolute Gasteiger partial charge is 0.460 e. The van der Waals surface area contributed by atoms with Crippen molar-refractivity contribution < 1.29 is 19.2 Å². The van der Waals surface area contributed by atoms with Gasteiger partial charge >= 0.3 is 5.97 Å². The van der Waals surface area contributed by atoms with Crippen molar-refractivity contribution >= 4 is 17.6 Å². The van der Waals surface area contributed by atoms with E-state index >= 15 is 0 Å². The first-order valence-electron chi connectivity index (χ1n) is 3.76. The van der Waals surface area contributed by atoms with E-state index in [4.69, 9.17) is 5.73 Å². The molecule has 1 aliphatic heterocycles. The summed E-state index contributed by atoms with van der Waals surface area (Å²) in [7, 11) is 0. The summed E-state index contributed by atoms with van der Waals surface area (Å²) in [5.74, 6) is -1.24. The molecule has 0 radical (unpaired) electrons. The summed E-state index contributed by atoms with van der Waals surface area (Å²) in [6.45, 7) is 1.75. The number of nitrogens with zero attached hydrogens (tertiary/aromatic N) is 1. The fourth-order valence-electron chi connectivity index (χ4n) is 0.847. The summed E-state index contributed by atoms with van der Waals surface area (Å²) in [5.41, 5.74) is 4.99. The van der Waals surface area contributed by atoms with Crippen LogP contribution in [0.3, 0.4) is 0 Å². The van der Waals surface area contributed by atoms with Gasteiger partial charge in [0.15, 0.2) is 12.3 Å². The molecule has 1 fully saturated rings. The highest BCUT2D eigenvalue weighted by Crippen LogP contribution is 2.10. The fourth-order valence-corrected chi connectivity index (χ4v) is 0.847. The molecule has 72 valence electrons. The Kier molecular flexibility index (Phi) is 2.84. The average Bonchev–Trinajstić information content (AvgIpc) is 2.34. The standard InChI is InChI=1S/C7H10N2O4/c1-4-2-12-7(11)6(4)9-13-3-5(8)10/h4H,2-3H2,1H3,(H2,8,10)/b9-6-. The van der Waals surface area contributed by atoms with Gasteiger partial charge in [0.25, 0.3) is 5.91 Å². The number of cyclic esters (lactones) is 1. The Balaban J connectivity index is 2.49. The van der Waals surface area contributed by atoms with Crippen LogP contribution in [0.15, 0.2) is 5.16 Å². The Morgan fingerprint density at radius 2 is 2.54 bits per heavy atom. The molecule has 2 N–H and O–H groups in total. The second kappa shape index (κ2) is 3.88. The number of primary amides is 1. The van der Waals surface area contributed by atoms with Gasteiger partial charge in [0, 0.05) is 5.92 Å². The third-order valence-electron chi connectivity index (χ3n) is 1.51. The van der Waals surface area contributed by atoms with Crippen molar-refractivity contribution in [3.63, 3.8) is 0 Å². The minimum Gasteiger partial charge on any atom is -0.460 e. The van der Waals surface area contributed by atoms with E-state index in [-0.39, 0.29) is 18.2 Å². The molecule has 1 atom stereocenters. The fraction of sp³-hybridized carbons (Fsp3) is 0.571. The second-order valence-electron chi connectivity index (χ2n) is 2.72. The zero-order chi connectivity index (χ0) is 9.84. The molecular formula is C7H10N2O4. The van der Waals surface area contributed by atoms with E-state index < -0.39 is 11.9 Å². The van der Waals surface area contributed by atoms with Gasteiger partial charge in [0.05, 0.1) is 0 Å². The molecule has 1 unspecified atom stereocenters. The zero-order valence-corrected chi connectivity index (χ0v) is 7.15.